The lowest BCUT2D eigenvalue weighted by molar-refractivity contribution is 0.309. The summed E-state index contributed by atoms with van der Waals surface area (Å²) in [5.41, 5.74) is 7.18. The van der Waals surface area contributed by atoms with Crippen LogP contribution >= 0.6 is 0 Å². The maximum atomic E-state index is 6.44. The predicted octanol–water partition coefficient (Wildman–Crippen LogP) is 7.87. The van der Waals surface area contributed by atoms with Crippen LogP contribution in [0, 0.1) is 0 Å². The molecule has 4 heteroatoms. The van der Waals surface area contributed by atoms with Crippen LogP contribution in [0.1, 0.15) is 49.6 Å². The van der Waals surface area contributed by atoms with Crippen molar-refractivity contribution in [2.24, 2.45) is 0 Å². The molecule has 0 spiro atoms. The zero-order valence-corrected chi connectivity index (χ0v) is 19.6. The average Bonchev–Trinajstić information content (AvgIpc) is 3.57. The summed E-state index contributed by atoms with van der Waals surface area (Å²) in [6.45, 7) is 0. The summed E-state index contributed by atoms with van der Waals surface area (Å²) in [6.07, 6.45) is 12.4. The van der Waals surface area contributed by atoms with Gasteiger partial charge in [-0.15, -0.1) is 0 Å². The van der Waals surface area contributed by atoms with Crippen molar-refractivity contribution in [2.45, 2.75) is 50.1 Å². The molecule has 8 rings (SSSR count). The van der Waals surface area contributed by atoms with Crippen LogP contribution in [0.25, 0.3) is 33.0 Å². The highest BCUT2D eigenvalue weighted by Crippen LogP contribution is 2.51. The monoisotopic (exact) mass is 457 g/mol. The van der Waals surface area contributed by atoms with Crippen LogP contribution in [0.3, 0.4) is 0 Å². The molecule has 3 heterocycles. The highest BCUT2D eigenvalue weighted by molar-refractivity contribution is 6.05. The number of imidazole rings is 1. The highest BCUT2D eigenvalue weighted by atomic mass is 16.3. The molecule has 3 aliphatic rings. The van der Waals surface area contributed by atoms with Gasteiger partial charge in [0.25, 0.3) is 0 Å². The molecule has 0 radical (unpaired) electrons. The molecule has 1 saturated carbocycles. The Labute approximate surface area is 204 Å². The van der Waals surface area contributed by atoms with Crippen molar-refractivity contribution in [1.82, 2.24) is 9.55 Å². The third-order valence-corrected chi connectivity index (χ3v) is 8.41. The van der Waals surface area contributed by atoms with Gasteiger partial charge < -0.3 is 13.9 Å². The number of para-hydroxylation sites is 4. The Bertz CT molecular complexity index is 1670. The molecular formula is C31H27N3O. The Kier molecular flexibility index (Phi) is 4.10. The van der Waals surface area contributed by atoms with Crippen molar-refractivity contribution < 1.29 is 4.42 Å². The SMILES string of the molecule is C1=CCCC(N2c3nc4ccccc4n3C3CC(c4cccc5c4oc4ccccc45)CCC32)=C1. The third-order valence-electron chi connectivity index (χ3n) is 8.41. The number of aromatic nitrogens is 2. The van der Waals surface area contributed by atoms with Crippen molar-refractivity contribution in [1.29, 1.82) is 0 Å². The van der Waals surface area contributed by atoms with E-state index < -0.39 is 0 Å². The standard InChI is InChI=1S/C31H27N3O/c1-2-9-21(10-3-1)33-27-18-17-20(19-28(27)34-26-15-6-5-14-25(26)32-31(33)34)22-12-8-13-24-23-11-4-7-16-29(23)35-30(22)24/h1-2,4-9,11-16,20,27-28H,3,10,17-19H2. The van der Waals surface area contributed by atoms with Crippen LogP contribution in [-0.2, 0) is 0 Å². The summed E-state index contributed by atoms with van der Waals surface area (Å²) >= 11 is 0. The summed E-state index contributed by atoms with van der Waals surface area (Å²) in [7, 11) is 0. The zero-order valence-electron chi connectivity index (χ0n) is 19.6. The molecule has 1 fully saturated rings. The molecule has 35 heavy (non-hydrogen) atoms. The molecule has 1 aliphatic heterocycles. The van der Waals surface area contributed by atoms with E-state index in [2.05, 4.69) is 94.4 Å². The number of allylic oxidation sites excluding steroid dienone is 4. The second-order valence-corrected chi connectivity index (χ2v) is 10.2. The van der Waals surface area contributed by atoms with E-state index in [0.717, 1.165) is 48.3 Å². The van der Waals surface area contributed by atoms with Crippen LogP contribution in [0.2, 0.25) is 0 Å². The summed E-state index contributed by atoms with van der Waals surface area (Å²) < 4.78 is 8.99. The molecule has 172 valence electrons. The average molecular weight is 458 g/mol. The summed E-state index contributed by atoms with van der Waals surface area (Å²) in [5, 5.41) is 2.45. The highest BCUT2D eigenvalue weighted by Gasteiger charge is 2.46. The van der Waals surface area contributed by atoms with Crippen molar-refractivity contribution in [3.63, 3.8) is 0 Å². The first kappa shape index (κ1) is 19.5. The van der Waals surface area contributed by atoms with Gasteiger partial charge >= 0.3 is 0 Å². The fourth-order valence-corrected chi connectivity index (χ4v) is 6.89. The van der Waals surface area contributed by atoms with Gasteiger partial charge in [-0.25, -0.2) is 4.98 Å². The van der Waals surface area contributed by atoms with Crippen LogP contribution in [-0.4, -0.2) is 15.6 Å². The largest absolute Gasteiger partial charge is 0.456 e. The van der Waals surface area contributed by atoms with Crippen LogP contribution in [0.4, 0.5) is 5.95 Å². The lowest BCUT2D eigenvalue weighted by Gasteiger charge is -2.37. The molecule has 2 aromatic heterocycles. The third kappa shape index (κ3) is 2.77. The van der Waals surface area contributed by atoms with E-state index in [1.165, 1.54) is 34.0 Å². The molecule has 4 nitrogen and oxygen atoms in total. The fourth-order valence-electron chi connectivity index (χ4n) is 6.89. The second-order valence-electron chi connectivity index (χ2n) is 10.2. The first-order valence-electron chi connectivity index (χ1n) is 12.9. The van der Waals surface area contributed by atoms with Crippen molar-refractivity contribution in [2.75, 3.05) is 4.90 Å². The molecule has 5 aromatic rings. The maximum Gasteiger partial charge on any atom is 0.211 e. The van der Waals surface area contributed by atoms with Crippen LogP contribution < -0.4 is 4.90 Å². The minimum absolute atomic E-state index is 0.405. The number of benzene rings is 3. The number of nitrogens with zero attached hydrogens (tertiary/aromatic N) is 3. The van der Waals surface area contributed by atoms with Gasteiger partial charge in [-0.2, -0.15) is 0 Å². The molecule has 2 aliphatic carbocycles. The topological polar surface area (TPSA) is 34.2 Å². The van der Waals surface area contributed by atoms with Crippen LogP contribution in [0.5, 0.6) is 0 Å². The fraction of sp³-hybridized carbons (Fsp3) is 0.258. The summed E-state index contributed by atoms with van der Waals surface area (Å²) in [5.74, 6) is 1.60. The first-order valence-corrected chi connectivity index (χ1v) is 12.9. The number of hydrogen-bond donors (Lipinski definition) is 0. The van der Waals surface area contributed by atoms with Gasteiger partial charge in [0.2, 0.25) is 5.95 Å². The lowest BCUT2D eigenvalue weighted by Crippen LogP contribution is -2.38. The van der Waals surface area contributed by atoms with Gasteiger partial charge in [-0.05, 0) is 67.9 Å². The van der Waals surface area contributed by atoms with Gasteiger partial charge in [0.15, 0.2) is 0 Å². The molecular weight excluding hydrogens is 430 g/mol. The predicted molar refractivity (Wildman–Crippen MR) is 142 cm³/mol. The molecule has 3 unspecified atom stereocenters. The van der Waals surface area contributed by atoms with Crippen molar-refractivity contribution in [3.8, 4) is 0 Å². The Morgan fingerprint density at radius 3 is 2.69 bits per heavy atom. The van der Waals surface area contributed by atoms with Crippen LogP contribution in [0.15, 0.2) is 95.1 Å². The number of furan rings is 1. The number of anilines is 1. The number of hydrogen-bond acceptors (Lipinski definition) is 3. The van der Waals surface area contributed by atoms with E-state index >= 15 is 0 Å². The van der Waals surface area contributed by atoms with Crippen molar-refractivity contribution >= 4 is 38.9 Å². The lowest BCUT2D eigenvalue weighted by atomic mass is 9.78. The Balaban J connectivity index is 1.25. The van der Waals surface area contributed by atoms with Gasteiger partial charge in [-0.1, -0.05) is 60.7 Å². The van der Waals surface area contributed by atoms with E-state index in [4.69, 9.17) is 9.40 Å². The van der Waals surface area contributed by atoms with E-state index in [1.54, 1.807) is 0 Å². The molecule has 3 aromatic carbocycles. The minimum Gasteiger partial charge on any atom is -0.456 e. The molecule has 0 amide bonds. The summed E-state index contributed by atoms with van der Waals surface area (Å²) in [4.78, 5) is 7.73. The van der Waals surface area contributed by atoms with Gasteiger partial charge in [-0.3, -0.25) is 0 Å². The smallest absolute Gasteiger partial charge is 0.211 e. The van der Waals surface area contributed by atoms with Crippen molar-refractivity contribution in [3.05, 3.63) is 96.2 Å². The molecule has 0 N–H and O–H groups in total. The Hall–Kier alpha value is -3.79. The second kappa shape index (κ2) is 7.35. The number of rotatable bonds is 2. The molecule has 0 bridgehead atoms. The quantitative estimate of drug-likeness (QED) is 0.270. The van der Waals surface area contributed by atoms with E-state index in [9.17, 15) is 0 Å². The molecule has 0 saturated heterocycles. The Morgan fingerprint density at radius 2 is 1.74 bits per heavy atom. The maximum absolute atomic E-state index is 6.44. The van der Waals surface area contributed by atoms with E-state index in [-0.39, 0.29) is 0 Å². The molecule has 3 atom stereocenters. The van der Waals surface area contributed by atoms with Gasteiger partial charge in [0, 0.05) is 16.5 Å². The summed E-state index contributed by atoms with van der Waals surface area (Å²) in [6, 6.07) is 24.6. The van der Waals surface area contributed by atoms with Gasteiger partial charge in [0.05, 0.1) is 23.1 Å². The number of fused-ring (bicyclic) bond motifs is 8. The Morgan fingerprint density at radius 1 is 0.857 bits per heavy atom. The van der Waals surface area contributed by atoms with E-state index in [0.29, 0.717) is 18.0 Å². The minimum atomic E-state index is 0.405. The van der Waals surface area contributed by atoms with Gasteiger partial charge in [0.1, 0.15) is 11.2 Å². The first-order chi connectivity index (χ1) is 17.4. The zero-order chi connectivity index (χ0) is 22.9. The van der Waals surface area contributed by atoms with E-state index in [1.807, 2.05) is 0 Å². The normalized spacial score (nSPS) is 23.7.